The Balaban J connectivity index is 1.65. The van der Waals surface area contributed by atoms with Crippen molar-refractivity contribution in [2.45, 2.75) is 44.6 Å². The van der Waals surface area contributed by atoms with Crippen molar-refractivity contribution in [3.05, 3.63) is 11.7 Å². The van der Waals surface area contributed by atoms with E-state index in [1.807, 2.05) is 0 Å². The predicted octanol–water partition coefficient (Wildman–Crippen LogP) is 1.31. The van der Waals surface area contributed by atoms with Crippen LogP contribution in [0.4, 0.5) is 0 Å². The van der Waals surface area contributed by atoms with Gasteiger partial charge in [-0.1, -0.05) is 24.9 Å². The summed E-state index contributed by atoms with van der Waals surface area (Å²) in [4.78, 5) is 7.00. The molecule has 1 saturated heterocycles. The van der Waals surface area contributed by atoms with Gasteiger partial charge in [0.2, 0.25) is 5.89 Å². The van der Waals surface area contributed by atoms with Crippen molar-refractivity contribution in [1.29, 1.82) is 0 Å². The zero-order valence-electron chi connectivity index (χ0n) is 11.1. The second-order valence-electron chi connectivity index (χ2n) is 5.81. The van der Waals surface area contributed by atoms with E-state index in [0.717, 1.165) is 44.4 Å². The van der Waals surface area contributed by atoms with Gasteiger partial charge in [0.25, 0.3) is 0 Å². The minimum atomic E-state index is 0.134. The third-order valence-corrected chi connectivity index (χ3v) is 4.27. The molecule has 0 amide bonds. The van der Waals surface area contributed by atoms with Crippen LogP contribution in [0.5, 0.6) is 0 Å². The average Bonchev–Trinajstić information content (AvgIpc) is 3.01. The molecule has 1 aliphatic carbocycles. The summed E-state index contributed by atoms with van der Waals surface area (Å²) in [6, 6.07) is 0. The highest BCUT2D eigenvalue weighted by atomic mass is 16.5. The first-order valence-electron chi connectivity index (χ1n) is 7.02. The molecule has 2 heterocycles. The van der Waals surface area contributed by atoms with E-state index in [4.69, 9.17) is 4.52 Å². The van der Waals surface area contributed by atoms with E-state index in [0.29, 0.717) is 0 Å². The minimum absolute atomic E-state index is 0.134. The van der Waals surface area contributed by atoms with Crippen molar-refractivity contribution >= 4 is 0 Å². The SMILES string of the molecule is CC1(c2nc(CN3CCNCC3)no2)CCCC1. The fourth-order valence-electron chi connectivity index (χ4n) is 3.00. The number of nitrogens with zero attached hydrogens (tertiary/aromatic N) is 3. The lowest BCUT2D eigenvalue weighted by Gasteiger charge is -2.25. The van der Waals surface area contributed by atoms with Crippen LogP contribution in [0.15, 0.2) is 4.52 Å². The summed E-state index contributed by atoms with van der Waals surface area (Å²) in [7, 11) is 0. The van der Waals surface area contributed by atoms with Crippen LogP contribution in [0.25, 0.3) is 0 Å². The zero-order valence-corrected chi connectivity index (χ0v) is 11.1. The molecule has 0 bridgehead atoms. The molecule has 2 aliphatic rings. The lowest BCUT2D eigenvalue weighted by Crippen LogP contribution is -2.43. The highest BCUT2D eigenvalue weighted by molar-refractivity contribution is 5.05. The largest absolute Gasteiger partial charge is 0.339 e. The van der Waals surface area contributed by atoms with Crippen molar-refractivity contribution in [3.8, 4) is 0 Å². The standard InChI is InChI=1S/C13H22N4O/c1-13(4-2-3-5-13)12-15-11(16-18-12)10-17-8-6-14-7-9-17/h14H,2-10H2,1H3. The summed E-state index contributed by atoms with van der Waals surface area (Å²) >= 11 is 0. The van der Waals surface area contributed by atoms with Crippen LogP contribution in [0.3, 0.4) is 0 Å². The Hall–Kier alpha value is -0.940. The molecule has 100 valence electrons. The second-order valence-corrected chi connectivity index (χ2v) is 5.81. The van der Waals surface area contributed by atoms with Crippen LogP contribution >= 0.6 is 0 Å². The molecule has 3 rings (SSSR count). The Bertz CT molecular complexity index is 391. The molecule has 0 atom stereocenters. The van der Waals surface area contributed by atoms with E-state index >= 15 is 0 Å². The van der Waals surface area contributed by atoms with Crippen molar-refractivity contribution in [2.75, 3.05) is 26.2 Å². The van der Waals surface area contributed by atoms with E-state index in [1.165, 1.54) is 25.7 Å². The third-order valence-electron chi connectivity index (χ3n) is 4.27. The number of piperazine rings is 1. The maximum absolute atomic E-state index is 5.49. The molecule has 1 aromatic rings. The van der Waals surface area contributed by atoms with Crippen molar-refractivity contribution in [2.24, 2.45) is 0 Å². The van der Waals surface area contributed by atoms with Gasteiger partial charge in [-0.05, 0) is 12.8 Å². The normalized spacial score (nSPS) is 24.5. The first kappa shape index (κ1) is 12.1. The summed E-state index contributed by atoms with van der Waals surface area (Å²) in [5.74, 6) is 1.70. The van der Waals surface area contributed by atoms with E-state index < -0.39 is 0 Å². The molecule has 1 aliphatic heterocycles. The van der Waals surface area contributed by atoms with Crippen LogP contribution in [-0.4, -0.2) is 41.2 Å². The van der Waals surface area contributed by atoms with E-state index in [1.54, 1.807) is 0 Å². The quantitative estimate of drug-likeness (QED) is 0.876. The van der Waals surface area contributed by atoms with Gasteiger partial charge in [0.1, 0.15) is 0 Å². The predicted molar refractivity (Wildman–Crippen MR) is 68.3 cm³/mol. The van der Waals surface area contributed by atoms with Gasteiger partial charge in [0, 0.05) is 31.6 Å². The Morgan fingerprint density at radius 3 is 2.72 bits per heavy atom. The van der Waals surface area contributed by atoms with Crippen molar-refractivity contribution in [1.82, 2.24) is 20.4 Å². The molecule has 1 aromatic heterocycles. The molecule has 5 heteroatoms. The lowest BCUT2D eigenvalue weighted by molar-refractivity contribution is 0.224. The van der Waals surface area contributed by atoms with Gasteiger partial charge in [0.15, 0.2) is 5.82 Å². The molecule has 18 heavy (non-hydrogen) atoms. The molecule has 0 unspecified atom stereocenters. The summed E-state index contributed by atoms with van der Waals surface area (Å²) in [6.07, 6.45) is 4.93. The van der Waals surface area contributed by atoms with E-state index in [9.17, 15) is 0 Å². The first-order chi connectivity index (χ1) is 8.76. The fraction of sp³-hybridized carbons (Fsp3) is 0.846. The van der Waals surface area contributed by atoms with Gasteiger partial charge < -0.3 is 9.84 Å². The highest BCUT2D eigenvalue weighted by Gasteiger charge is 2.36. The maximum Gasteiger partial charge on any atom is 0.232 e. The van der Waals surface area contributed by atoms with Gasteiger partial charge >= 0.3 is 0 Å². The van der Waals surface area contributed by atoms with Gasteiger partial charge in [0.05, 0.1) is 6.54 Å². The van der Waals surface area contributed by atoms with Crippen LogP contribution < -0.4 is 5.32 Å². The average molecular weight is 250 g/mol. The smallest absolute Gasteiger partial charge is 0.232 e. The van der Waals surface area contributed by atoms with E-state index in [-0.39, 0.29) is 5.41 Å². The van der Waals surface area contributed by atoms with Crippen molar-refractivity contribution in [3.63, 3.8) is 0 Å². The highest BCUT2D eigenvalue weighted by Crippen LogP contribution is 2.39. The molecule has 2 fully saturated rings. The Morgan fingerprint density at radius 2 is 2.00 bits per heavy atom. The number of hydrogen-bond donors (Lipinski definition) is 1. The molecular formula is C13H22N4O. The van der Waals surface area contributed by atoms with Gasteiger partial charge in [-0.2, -0.15) is 4.98 Å². The van der Waals surface area contributed by atoms with Gasteiger partial charge in [-0.15, -0.1) is 0 Å². The lowest BCUT2D eigenvalue weighted by atomic mass is 9.89. The summed E-state index contributed by atoms with van der Waals surface area (Å²) in [6.45, 7) is 7.33. The Labute approximate surface area is 108 Å². The fourth-order valence-corrected chi connectivity index (χ4v) is 3.00. The zero-order chi connectivity index (χ0) is 12.4. The third kappa shape index (κ3) is 2.42. The van der Waals surface area contributed by atoms with Crippen LogP contribution in [0.1, 0.15) is 44.3 Å². The number of nitrogens with one attached hydrogen (secondary N) is 1. The molecule has 0 spiro atoms. The Morgan fingerprint density at radius 1 is 1.28 bits per heavy atom. The summed E-state index contributed by atoms with van der Waals surface area (Å²) < 4.78 is 5.49. The maximum atomic E-state index is 5.49. The monoisotopic (exact) mass is 250 g/mol. The molecule has 5 nitrogen and oxygen atoms in total. The first-order valence-corrected chi connectivity index (χ1v) is 7.02. The summed E-state index contributed by atoms with van der Waals surface area (Å²) in [5.41, 5.74) is 0.134. The molecular weight excluding hydrogens is 228 g/mol. The van der Waals surface area contributed by atoms with Crippen LogP contribution in [0, 0.1) is 0 Å². The topological polar surface area (TPSA) is 54.2 Å². The number of hydrogen-bond acceptors (Lipinski definition) is 5. The molecule has 0 aromatic carbocycles. The minimum Gasteiger partial charge on any atom is -0.339 e. The molecule has 1 saturated carbocycles. The summed E-state index contributed by atoms with van der Waals surface area (Å²) in [5, 5.41) is 7.50. The Kier molecular flexibility index (Phi) is 3.35. The number of rotatable bonds is 3. The van der Waals surface area contributed by atoms with Gasteiger partial charge in [-0.25, -0.2) is 0 Å². The van der Waals surface area contributed by atoms with E-state index in [2.05, 4.69) is 27.3 Å². The molecule has 1 N–H and O–H groups in total. The van der Waals surface area contributed by atoms with Crippen LogP contribution in [0.2, 0.25) is 0 Å². The number of aromatic nitrogens is 2. The second kappa shape index (κ2) is 4.97. The molecule has 0 radical (unpaired) electrons. The van der Waals surface area contributed by atoms with Gasteiger partial charge in [-0.3, -0.25) is 4.90 Å². The van der Waals surface area contributed by atoms with Crippen LogP contribution in [-0.2, 0) is 12.0 Å². The van der Waals surface area contributed by atoms with Crippen molar-refractivity contribution < 1.29 is 4.52 Å².